The quantitative estimate of drug-likeness (QED) is 0.505. The van der Waals surface area contributed by atoms with Gasteiger partial charge < -0.3 is 15.1 Å². The van der Waals surface area contributed by atoms with Gasteiger partial charge in [-0.15, -0.1) is 11.8 Å². The minimum atomic E-state index is -0.729. The first-order valence-corrected chi connectivity index (χ1v) is 11.5. The summed E-state index contributed by atoms with van der Waals surface area (Å²) in [5.41, 5.74) is 1.68. The lowest BCUT2D eigenvalue weighted by molar-refractivity contribution is -0.118. The number of hydrogen-bond acceptors (Lipinski definition) is 4. The van der Waals surface area contributed by atoms with E-state index in [9.17, 15) is 9.59 Å². The van der Waals surface area contributed by atoms with Crippen LogP contribution in [0, 0.1) is 0 Å². The summed E-state index contributed by atoms with van der Waals surface area (Å²) < 4.78 is 5.17. The summed E-state index contributed by atoms with van der Waals surface area (Å²) in [6.07, 6.45) is 7.01. The molecule has 1 heterocycles. The Kier molecular flexibility index (Phi) is 7.10. The zero-order valence-electron chi connectivity index (χ0n) is 17.3. The summed E-state index contributed by atoms with van der Waals surface area (Å²) in [5.74, 6) is -0.497. The van der Waals surface area contributed by atoms with Crippen LogP contribution in [0.15, 0.2) is 82.3 Å². The van der Waals surface area contributed by atoms with E-state index in [0.29, 0.717) is 17.4 Å². The van der Waals surface area contributed by atoms with Crippen molar-refractivity contribution >= 4 is 29.3 Å². The van der Waals surface area contributed by atoms with Gasteiger partial charge in [-0.25, -0.2) is 0 Å². The van der Waals surface area contributed by atoms with E-state index in [4.69, 9.17) is 4.42 Å². The molecule has 31 heavy (non-hydrogen) atoms. The zero-order valence-corrected chi connectivity index (χ0v) is 18.1. The van der Waals surface area contributed by atoms with E-state index < -0.39 is 11.9 Å². The number of amides is 2. The van der Waals surface area contributed by atoms with Gasteiger partial charge >= 0.3 is 0 Å². The standard InChI is InChI=1S/C25H26N2O3S/c28-24(26-19-12-14-21(15-13-19)31-20-9-4-5-10-20)22(17-18-7-2-1-3-8-18)27-25(29)23-11-6-16-30-23/h1-3,6-8,11-16,20,22H,4-5,9-10,17H2,(H,26,28)(H,27,29). The monoisotopic (exact) mass is 434 g/mol. The smallest absolute Gasteiger partial charge is 0.287 e. The number of thioether (sulfide) groups is 1. The number of furan rings is 1. The molecule has 3 aromatic rings. The molecule has 1 atom stereocenters. The number of rotatable bonds is 8. The molecule has 1 aliphatic carbocycles. The van der Waals surface area contributed by atoms with Gasteiger partial charge in [0.15, 0.2) is 5.76 Å². The van der Waals surface area contributed by atoms with Crippen LogP contribution in [0.1, 0.15) is 41.8 Å². The summed E-state index contributed by atoms with van der Waals surface area (Å²) in [4.78, 5) is 26.7. The number of anilines is 1. The minimum Gasteiger partial charge on any atom is -0.459 e. The molecule has 6 heteroatoms. The van der Waals surface area contributed by atoms with E-state index >= 15 is 0 Å². The van der Waals surface area contributed by atoms with Crippen LogP contribution in [0.25, 0.3) is 0 Å². The Hall–Kier alpha value is -2.99. The van der Waals surface area contributed by atoms with Crippen molar-refractivity contribution in [2.24, 2.45) is 0 Å². The molecule has 4 rings (SSSR count). The van der Waals surface area contributed by atoms with Crippen LogP contribution in [-0.2, 0) is 11.2 Å². The second-order valence-electron chi connectivity index (χ2n) is 7.73. The highest BCUT2D eigenvalue weighted by atomic mass is 32.2. The van der Waals surface area contributed by atoms with E-state index in [1.807, 2.05) is 66.4 Å². The maximum atomic E-state index is 13.0. The highest BCUT2D eigenvalue weighted by Gasteiger charge is 2.23. The molecule has 0 bridgehead atoms. The van der Waals surface area contributed by atoms with Crippen molar-refractivity contribution in [1.82, 2.24) is 5.32 Å². The SMILES string of the molecule is O=C(NC(Cc1ccccc1)C(=O)Nc1ccc(SC2CCCC2)cc1)c1ccco1. The molecule has 1 unspecified atom stereocenters. The lowest BCUT2D eigenvalue weighted by atomic mass is 10.0. The normalized spacial score (nSPS) is 14.8. The van der Waals surface area contributed by atoms with E-state index in [1.165, 1.54) is 36.8 Å². The third-order valence-electron chi connectivity index (χ3n) is 5.38. The molecular weight excluding hydrogens is 408 g/mol. The zero-order chi connectivity index (χ0) is 21.5. The molecule has 0 radical (unpaired) electrons. The van der Waals surface area contributed by atoms with Crippen molar-refractivity contribution in [3.8, 4) is 0 Å². The van der Waals surface area contributed by atoms with Gasteiger partial charge in [-0.05, 0) is 54.8 Å². The molecule has 1 saturated carbocycles. The van der Waals surface area contributed by atoms with Gasteiger partial charge in [0.1, 0.15) is 6.04 Å². The number of benzene rings is 2. The predicted octanol–water partition coefficient (Wildman–Crippen LogP) is 5.29. The third-order valence-corrected chi connectivity index (χ3v) is 6.73. The fourth-order valence-corrected chi connectivity index (χ4v) is 4.99. The van der Waals surface area contributed by atoms with Crippen LogP contribution in [0.5, 0.6) is 0 Å². The molecule has 5 nitrogen and oxygen atoms in total. The Labute approximate surface area is 186 Å². The van der Waals surface area contributed by atoms with Gasteiger partial charge in [-0.2, -0.15) is 0 Å². The molecule has 2 aromatic carbocycles. The maximum absolute atomic E-state index is 13.0. The van der Waals surface area contributed by atoms with Crippen molar-refractivity contribution < 1.29 is 14.0 Å². The Morgan fingerprint density at radius 1 is 0.968 bits per heavy atom. The number of carbonyl (C=O) groups excluding carboxylic acids is 2. The van der Waals surface area contributed by atoms with Gasteiger partial charge in [-0.3, -0.25) is 9.59 Å². The van der Waals surface area contributed by atoms with Crippen molar-refractivity contribution in [3.63, 3.8) is 0 Å². The third kappa shape index (κ3) is 6.01. The fraction of sp³-hybridized carbons (Fsp3) is 0.280. The lowest BCUT2D eigenvalue weighted by Crippen LogP contribution is -2.45. The average Bonchev–Trinajstić information content (AvgIpc) is 3.50. The Balaban J connectivity index is 1.42. The summed E-state index contributed by atoms with van der Waals surface area (Å²) in [6.45, 7) is 0. The number of carbonyl (C=O) groups is 2. The summed E-state index contributed by atoms with van der Waals surface area (Å²) in [7, 11) is 0. The molecule has 1 aromatic heterocycles. The van der Waals surface area contributed by atoms with Gasteiger partial charge in [0.2, 0.25) is 5.91 Å². The second kappa shape index (κ2) is 10.4. The fourth-order valence-electron chi connectivity index (χ4n) is 3.74. The summed E-state index contributed by atoms with van der Waals surface area (Å²) in [5, 5.41) is 6.44. The van der Waals surface area contributed by atoms with Gasteiger partial charge in [-0.1, -0.05) is 43.2 Å². The summed E-state index contributed by atoms with van der Waals surface area (Å²) >= 11 is 1.91. The van der Waals surface area contributed by atoms with Crippen LogP contribution < -0.4 is 10.6 Å². The molecule has 0 saturated heterocycles. The number of hydrogen-bond donors (Lipinski definition) is 2. The van der Waals surface area contributed by atoms with E-state index in [1.54, 1.807) is 12.1 Å². The first-order chi connectivity index (χ1) is 15.2. The van der Waals surface area contributed by atoms with Crippen molar-refractivity contribution in [2.75, 3.05) is 5.32 Å². The van der Waals surface area contributed by atoms with Gasteiger partial charge in [0, 0.05) is 22.3 Å². The van der Waals surface area contributed by atoms with Crippen LogP contribution in [0.2, 0.25) is 0 Å². The van der Waals surface area contributed by atoms with Crippen molar-refractivity contribution in [3.05, 3.63) is 84.3 Å². The van der Waals surface area contributed by atoms with Crippen LogP contribution >= 0.6 is 11.8 Å². The largest absolute Gasteiger partial charge is 0.459 e. The first kappa shape index (κ1) is 21.2. The number of nitrogens with one attached hydrogen (secondary N) is 2. The molecule has 1 aliphatic rings. The van der Waals surface area contributed by atoms with E-state index in [-0.39, 0.29) is 11.7 Å². The molecular formula is C25H26N2O3S. The van der Waals surface area contributed by atoms with Crippen LogP contribution in [-0.4, -0.2) is 23.1 Å². The average molecular weight is 435 g/mol. The molecule has 0 aliphatic heterocycles. The Bertz CT molecular complexity index is 981. The predicted molar refractivity (Wildman–Crippen MR) is 123 cm³/mol. The van der Waals surface area contributed by atoms with Gasteiger partial charge in [0.25, 0.3) is 5.91 Å². The molecule has 2 N–H and O–H groups in total. The first-order valence-electron chi connectivity index (χ1n) is 10.6. The van der Waals surface area contributed by atoms with Gasteiger partial charge in [0.05, 0.1) is 6.26 Å². The highest BCUT2D eigenvalue weighted by Crippen LogP contribution is 2.34. The lowest BCUT2D eigenvalue weighted by Gasteiger charge is -2.18. The highest BCUT2D eigenvalue weighted by molar-refractivity contribution is 8.00. The molecule has 0 spiro atoms. The molecule has 2 amide bonds. The summed E-state index contributed by atoms with van der Waals surface area (Å²) in [6, 6.07) is 20.1. The minimum absolute atomic E-state index is 0.180. The maximum Gasteiger partial charge on any atom is 0.287 e. The molecule has 160 valence electrons. The molecule has 1 fully saturated rings. The van der Waals surface area contributed by atoms with Crippen LogP contribution in [0.4, 0.5) is 5.69 Å². The van der Waals surface area contributed by atoms with Crippen molar-refractivity contribution in [2.45, 2.75) is 48.3 Å². The van der Waals surface area contributed by atoms with E-state index in [0.717, 1.165) is 5.56 Å². The topological polar surface area (TPSA) is 71.3 Å². The Morgan fingerprint density at radius 2 is 1.71 bits per heavy atom. The van der Waals surface area contributed by atoms with Crippen LogP contribution in [0.3, 0.4) is 0 Å². The Morgan fingerprint density at radius 3 is 2.39 bits per heavy atom. The van der Waals surface area contributed by atoms with Crippen molar-refractivity contribution in [1.29, 1.82) is 0 Å². The van der Waals surface area contributed by atoms with E-state index in [2.05, 4.69) is 10.6 Å². The second-order valence-corrected chi connectivity index (χ2v) is 9.10.